The Morgan fingerprint density at radius 2 is 1.79 bits per heavy atom. The van der Waals surface area contributed by atoms with Gasteiger partial charge in [-0.2, -0.15) is 0 Å². The minimum absolute atomic E-state index is 0.322. The van der Waals surface area contributed by atoms with Crippen molar-refractivity contribution in [2.75, 3.05) is 46.5 Å². The van der Waals surface area contributed by atoms with Gasteiger partial charge in [0.1, 0.15) is 11.7 Å². The molecule has 2 saturated heterocycles. The minimum Gasteiger partial charge on any atom is -0.497 e. The number of amides is 1. The Kier molecular flexibility index (Phi) is 7.20. The Bertz CT molecular complexity index is 1010. The van der Waals surface area contributed by atoms with Gasteiger partial charge in [0.2, 0.25) is 5.78 Å². The van der Waals surface area contributed by atoms with Crippen molar-refractivity contribution < 1.29 is 23.9 Å². The van der Waals surface area contributed by atoms with Crippen molar-refractivity contribution in [2.45, 2.75) is 19.4 Å². The van der Waals surface area contributed by atoms with Crippen LogP contribution < -0.4 is 4.74 Å². The number of morpholine rings is 1. The maximum absolute atomic E-state index is 13.5. The van der Waals surface area contributed by atoms with Crippen LogP contribution in [0.25, 0.3) is 0 Å². The van der Waals surface area contributed by atoms with Crippen molar-refractivity contribution in [2.24, 2.45) is 5.92 Å². The number of aryl methyl sites for hydroxylation is 1. The standard InChI is InChI=1S/C26H30N2O5/c1-18-7-9-19(10-8-18)24(29)22-23(20-5-3-6-21(17-20)32-2)28(26(31)25(22)30)12-4-11-27-13-15-33-16-14-27/h3,5-10,17,22-23H,4,11-16H2,1-2H3. The van der Waals surface area contributed by atoms with Crippen LogP contribution in [0.2, 0.25) is 0 Å². The number of nitrogens with zero attached hydrogens (tertiary/aromatic N) is 2. The van der Waals surface area contributed by atoms with Gasteiger partial charge in [-0.05, 0) is 31.0 Å². The van der Waals surface area contributed by atoms with E-state index in [0.717, 1.165) is 30.8 Å². The molecule has 0 bridgehead atoms. The Balaban J connectivity index is 1.62. The number of rotatable bonds is 8. The third kappa shape index (κ3) is 4.99. The fourth-order valence-electron chi connectivity index (χ4n) is 4.61. The lowest BCUT2D eigenvalue weighted by Crippen LogP contribution is -2.39. The maximum Gasteiger partial charge on any atom is 0.291 e. The van der Waals surface area contributed by atoms with E-state index in [2.05, 4.69) is 4.90 Å². The predicted octanol–water partition coefficient (Wildman–Crippen LogP) is 2.68. The van der Waals surface area contributed by atoms with Gasteiger partial charge in [0, 0.05) is 31.7 Å². The Labute approximate surface area is 194 Å². The number of ketones is 2. The van der Waals surface area contributed by atoms with Crippen LogP contribution in [0.5, 0.6) is 5.75 Å². The second-order valence-electron chi connectivity index (χ2n) is 8.60. The van der Waals surface area contributed by atoms with Crippen LogP contribution in [0, 0.1) is 12.8 Å². The van der Waals surface area contributed by atoms with Crippen LogP contribution in [0.15, 0.2) is 48.5 Å². The monoisotopic (exact) mass is 450 g/mol. The van der Waals surface area contributed by atoms with Gasteiger partial charge in [-0.15, -0.1) is 0 Å². The van der Waals surface area contributed by atoms with E-state index in [9.17, 15) is 14.4 Å². The molecule has 2 aliphatic rings. The molecule has 2 fully saturated rings. The summed E-state index contributed by atoms with van der Waals surface area (Å²) in [6.07, 6.45) is 0.713. The molecule has 2 heterocycles. The van der Waals surface area contributed by atoms with Crippen LogP contribution in [-0.2, 0) is 14.3 Å². The highest BCUT2D eigenvalue weighted by atomic mass is 16.5. The van der Waals surface area contributed by atoms with Crippen LogP contribution in [0.1, 0.15) is 33.9 Å². The summed E-state index contributed by atoms with van der Waals surface area (Å²) in [6.45, 7) is 6.29. The molecule has 0 N–H and O–H groups in total. The normalized spacial score (nSPS) is 21.5. The van der Waals surface area contributed by atoms with E-state index < -0.39 is 23.7 Å². The highest BCUT2D eigenvalue weighted by Gasteiger charge is 2.51. The molecule has 174 valence electrons. The van der Waals surface area contributed by atoms with Crippen molar-refractivity contribution in [1.29, 1.82) is 0 Å². The Morgan fingerprint density at radius 3 is 2.48 bits per heavy atom. The highest BCUT2D eigenvalue weighted by molar-refractivity contribution is 6.44. The molecule has 1 amide bonds. The zero-order chi connectivity index (χ0) is 23.4. The lowest BCUT2D eigenvalue weighted by molar-refractivity contribution is -0.140. The van der Waals surface area contributed by atoms with Gasteiger partial charge in [-0.1, -0.05) is 42.0 Å². The average Bonchev–Trinajstić information content (AvgIpc) is 3.10. The summed E-state index contributed by atoms with van der Waals surface area (Å²) < 4.78 is 10.8. The topological polar surface area (TPSA) is 76.2 Å². The first-order valence-electron chi connectivity index (χ1n) is 11.4. The first kappa shape index (κ1) is 23.1. The molecule has 0 radical (unpaired) electrons. The van der Waals surface area contributed by atoms with E-state index in [1.807, 2.05) is 37.3 Å². The van der Waals surface area contributed by atoms with E-state index in [1.165, 1.54) is 0 Å². The number of likely N-dealkylation sites (tertiary alicyclic amines) is 1. The lowest BCUT2D eigenvalue weighted by Gasteiger charge is -2.30. The molecule has 2 aromatic carbocycles. The number of hydrogen-bond donors (Lipinski definition) is 0. The first-order chi connectivity index (χ1) is 16.0. The van der Waals surface area contributed by atoms with Crippen LogP contribution in [0.4, 0.5) is 0 Å². The predicted molar refractivity (Wildman–Crippen MR) is 123 cm³/mol. The van der Waals surface area contributed by atoms with Gasteiger partial charge >= 0.3 is 0 Å². The third-order valence-electron chi connectivity index (χ3n) is 6.44. The van der Waals surface area contributed by atoms with Crippen molar-refractivity contribution in [3.8, 4) is 5.75 Å². The van der Waals surface area contributed by atoms with Crippen LogP contribution in [0.3, 0.4) is 0 Å². The Hall–Kier alpha value is -3.03. The number of carbonyl (C=O) groups is 3. The molecule has 0 spiro atoms. The van der Waals surface area contributed by atoms with Gasteiger partial charge in [-0.3, -0.25) is 19.3 Å². The second kappa shape index (κ2) is 10.3. The number of methoxy groups -OCH3 is 1. The fraction of sp³-hybridized carbons (Fsp3) is 0.423. The molecule has 0 saturated carbocycles. The number of carbonyl (C=O) groups excluding carboxylic acids is 3. The Morgan fingerprint density at radius 1 is 1.06 bits per heavy atom. The van der Waals surface area contributed by atoms with Crippen molar-refractivity contribution in [3.05, 3.63) is 65.2 Å². The molecule has 4 rings (SSSR count). The van der Waals surface area contributed by atoms with Crippen LogP contribution in [-0.4, -0.2) is 73.8 Å². The quantitative estimate of drug-likeness (QED) is 0.350. The van der Waals surface area contributed by atoms with Gasteiger partial charge in [0.05, 0.1) is 26.4 Å². The molecule has 33 heavy (non-hydrogen) atoms. The van der Waals surface area contributed by atoms with Gasteiger partial charge in [0.25, 0.3) is 5.91 Å². The summed E-state index contributed by atoms with van der Waals surface area (Å²) in [6, 6.07) is 13.8. The minimum atomic E-state index is -1.07. The van der Waals surface area contributed by atoms with Gasteiger partial charge < -0.3 is 14.4 Å². The van der Waals surface area contributed by atoms with Crippen molar-refractivity contribution in [1.82, 2.24) is 9.80 Å². The third-order valence-corrected chi connectivity index (χ3v) is 6.44. The van der Waals surface area contributed by atoms with E-state index >= 15 is 0 Å². The number of ether oxygens (including phenoxy) is 2. The van der Waals surface area contributed by atoms with Crippen LogP contribution >= 0.6 is 0 Å². The SMILES string of the molecule is COc1cccc(C2C(C(=O)c3ccc(C)cc3)C(=O)C(=O)N2CCCN2CCOCC2)c1. The van der Waals surface area contributed by atoms with E-state index in [4.69, 9.17) is 9.47 Å². The van der Waals surface area contributed by atoms with Crippen molar-refractivity contribution in [3.63, 3.8) is 0 Å². The molecule has 0 aliphatic carbocycles. The summed E-state index contributed by atoms with van der Waals surface area (Å²) in [5.74, 6) is -2.00. The average molecular weight is 451 g/mol. The number of hydrogen-bond acceptors (Lipinski definition) is 6. The second-order valence-corrected chi connectivity index (χ2v) is 8.60. The van der Waals surface area contributed by atoms with E-state index in [0.29, 0.717) is 37.5 Å². The smallest absolute Gasteiger partial charge is 0.291 e. The molecular weight excluding hydrogens is 420 g/mol. The molecule has 0 aromatic heterocycles. The maximum atomic E-state index is 13.5. The molecule has 7 nitrogen and oxygen atoms in total. The molecule has 2 aliphatic heterocycles. The molecule has 2 aromatic rings. The molecule has 2 unspecified atom stereocenters. The number of benzene rings is 2. The van der Waals surface area contributed by atoms with E-state index in [1.54, 1.807) is 30.2 Å². The summed E-state index contributed by atoms with van der Waals surface area (Å²) >= 11 is 0. The summed E-state index contributed by atoms with van der Waals surface area (Å²) in [5, 5.41) is 0. The number of Topliss-reactive ketones (excluding diaryl/α,β-unsaturated/α-hetero) is 2. The summed E-state index contributed by atoms with van der Waals surface area (Å²) in [5.41, 5.74) is 2.19. The highest BCUT2D eigenvalue weighted by Crippen LogP contribution is 2.39. The first-order valence-corrected chi connectivity index (χ1v) is 11.4. The fourth-order valence-corrected chi connectivity index (χ4v) is 4.61. The lowest BCUT2D eigenvalue weighted by atomic mass is 9.86. The molecule has 2 atom stereocenters. The zero-order valence-electron chi connectivity index (χ0n) is 19.2. The summed E-state index contributed by atoms with van der Waals surface area (Å²) in [4.78, 5) is 43.6. The molecular formula is C26H30N2O5. The van der Waals surface area contributed by atoms with Gasteiger partial charge in [-0.25, -0.2) is 0 Å². The van der Waals surface area contributed by atoms with Crippen molar-refractivity contribution >= 4 is 17.5 Å². The largest absolute Gasteiger partial charge is 0.497 e. The molecule has 7 heteroatoms. The van der Waals surface area contributed by atoms with E-state index in [-0.39, 0.29) is 5.78 Å². The van der Waals surface area contributed by atoms with Gasteiger partial charge in [0.15, 0.2) is 5.78 Å². The zero-order valence-corrected chi connectivity index (χ0v) is 19.2. The summed E-state index contributed by atoms with van der Waals surface area (Å²) in [7, 11) is 1.57.